The van der Waals surface area contributed by atoms with E-state index in [4.69, 9.17) is 0 Å². The molecule has 0 radical (unpaired) electrons. The van der Waals surface area contributed by atoms with E-state index in [0.29, 0.717) is 11.4 Å². The van der Waals surface area contributed by atoms with Gasteiger partial charge in [-0.15, -0.1) is 0 Å². The largest absolute Gasteiger partial charge is 0.409 e. The highest BCUT2D eigenvalue weighted by atomic mass is 19.4. The predicted molar refractivity (Wildman–Crippen MR) is 93.5 cm³/mol. The Morgan fingerprint density at radius 1 is 1.30 bits per heavy atom. The van der Waals surface area contributed by atoms with Crippen molar-refractivity contribution < 1.29 is 22.8 Å². The Labute approximate surface area is 153 Å². The SMILES string of the molecule is C=CC(=O)Nc1ccc(C(=O)N2c3cnn(C)c3CCC2C(F)(F)F)cc1. The molecule has 1 aromatic heterocycles. The van der Waals surface area contributed by atoms with Crippen molar-refractivity contribution in [1.29, 1.82) is 0 Å². The number of benzene rings is 1. The van der Waals surface area contributed by atoms with Crippen LogP contribution in [0, 0.1) is 0 Å². The fraction of sp³-hybridized carbons (Fsp3) is 0.278. The molecule has 6 nitrogen and oxygen atoms in total. The third-order valence-electron chi connectivity index (χ3n) is 4.45. The molecular weight excluding hydrogens is 361 g/mol. The fourth-order valence-electron chi connectivity index (χ4n) is 3.10. The summed E-state index contributed by atoms with van der Waals surface area (Å²) in [5.74, 6) is -1.20. The van der Waals surface area contributed by atoms with E-state index in [9.17, 15) is 22.8 Å². The number of aryl methyl sites for hydroxylation is 1. The van der Waals surface area contributed by atoms with E-state index in [0.717, 1.165) is 11.0 Å². The summed E-state index contributed by atoms with van der Waals surface area (Å²) >= 11 is 0. The Balaban J connectivity index is 1.95. The Kier molecular flexibility index (Phi) is 4.77. The highest BCUT2D eigenvalue weighted by Gasteiger charge is 2.49. The van der Waals surface area contributed by atoms with Crippen LogP contribution in [-0.4, -0.2) is 33.8 Å². The Morgan fingerprint density at radius 3 is 2.56 bits per heavy atom. The smallest absolute Gasteiger partial charge is 0.323 e. The van der Waals surface area contributed by atoms with Gasteiger partial charge in [0.2, 0.25) is 5.91 Å². The number of fused-ring (bicyclic) bond motifs is 1. The molecule has 0 bridgehead atoms. The van der Waals surface area contributed by atoms with Crippen molar-refractivity contribution in [2.45, 2.75) is 25.1 Å². The average Bonchev–Trinajstić information content (AvgIpc) is 3.01. The zero-order valence-electron chi connectivity index (χ0n) is 14.5. The van der Waals surface area contributed by atoms with Gasteiger partial charge in [0.15, 0.2) is 0 Å². The van der Waals surface area contributed by atoms with E-state index in [1.165, 1.54) is 35.1 Å². The summed E-state index contributed by atoms with van der Waals surface area (Å²) in [5, 5.41) is 6.51. The molecule has 9 heteroatoms. The van der Waals surface area contributed by atoms with Crippen LogP contribution in [0.2, 0.25) is 0 Å². The number of nitrogens with one attached hydrogen (secondary N) is 1. The van der Waals surface area contributed by atoms with Crippen molar-refractivity contribution in [3.05, 3.63) is 54.4 Å². The molecule has 27 heavy (non-hydrogen) atoms. The van der Waals surface area contributed by atoms with Gasteiger partial charge in [-0.25, -0.2) is 0 Å². The van der Waals surface area contributed by atoms with Crippen LogP contribution in [0.4, 0.5) is 24.5 Å². The molecule has 0 aliphatic carbocycles. The number of carbonyl (C=O) groups is 2. The minimum atomic E-state index is -4.55. The molecule has 1 aliphatic heterocycles. The van der Waals surface area contributed by atoms with Crippen molar-refractivity contribution >= 4 is 23.2 Å². The number of aromatic nitrogens is 2. The summed E-state index contributed by atoms with van der Waals surface area (Å²) in [6.45, 7) is 3.33. The lowest BCUT2D eigenvalue weighted by atomic mass is 9.99. The molecule has 1 aromatic carbocycles. The summed E-state index contributed by atoms with van der Waals surface area (Å²) in [7, 11) is 1.63. The first kappa shape index (κ1) is 18.7. The van der Waals surface area contributed by atoms with Crippen LogP contribution in [0.15, 0.2) is 43.1 Å². The summed E-state index contributed by atoms with van der Waals surface area (Å²) < 4.78 is 42.1. The van der Waals surface area contributed by atoms with Crippen LogP contribution in [0.3, 0.4) is 0 Å². The molecule has 1 unspecified atom stereocenters. The molecule has 1 N–H and O–H groups in total. The zero-order valence-corrected chi connectivity index (χ0v) is 14.5. The highest BCUT2D eigenvalue weighted by Crippen LogP contribution is 2.38. The number of rotatable bonds is 3. The maximum Gasteiger partial charge on any atom is 0.409 e. The molecule has 0 spiro atoms. The van der Waals surface area contributed by atoms with Crippen LogP contribution < -0.4 is 10.2 Å². The predicted octanol–water partition coefficient (Wildman–Crippen LogP) is 3.07. The normalized spacial score (nSPS) is 16.6. The zero-order chi connectivity index (χ0) is 19.8. The van der Waals surface area contributed by atoms with Crippen LogP contribution >= 0.6 is 0 Å². The summed E-state index contributed by atoms with van der Waals surface area (Å²) in [6.07, 6.45) is -2.23. The second kappa shape index (κ2) is 6.90. The van der Waals surface area contributed by atoms with Crippen LogP contribution in [0.25, 0.3) is 0 Å². The standard InChI is InChI=1S/C18H17F3N4O2/c1-3-16(26)23-12-6-4-11(5-7-12)17(27)25-14-10-22-24(2)13(14)8-9-15(25)18(19,20)21/h3-7,10,15H,1,8-9H2,2H3,(H,23,26). The van der Waals surface area contributed by atoms with Gasteiger partial charge in [-0.2, -0.15) is 18.3 Å². The molecule has 2 amide bonds. The van der Waals surface area contributed by atoms with Crippen molar-refractivity contribution in [3.63, 3.8) is 0 Å². The lowest BCUT2D eigenvalue weighted by molar-refractivity contribution is -0.149. The molecule has 0 fully saturated rings. The lowest BCUT2D eigenvalue weighted by Crippen LogP contribution is -2.51. The topological polar surface area (TPSA) is 67.2 Å². The monoisotopic (exact) mass is 378 g/mol. The Hall–Kier alpha value is -3.10. The first-order chi connectivity index (χ1) is 12.7. The maximum absolute atomic E-state index is 13.5. The molecule has 2 heterocycles. The minimum absolute atomic E-state index is 0.0811. The van der Waals surface area contributed by atoms with E-state index in [1.807, 2.05) is 0 Å². The van der Waals surface area contributed by atoms with Crippen LogP contribution in [-0.2, 0) is 18.3 Å². The Morgan fingerprint density at radius 2 is 1.96 bits per heavy atom. The molecule has 1 atom stereocenters. The summed E-state index contributed by atoms with van der Waals surface area (Å²) in [4.78, 5) is 25.0. The summed E-state index contributed by atoms with van der Waals surface area (Å²) in [6, 6.07) is 3.73. The number of halogens is 3. The van der Waals surface area contributed by atoms with Gasteiger partial charge in [-0.05, 0) is 43.2 Å². The van der Waals surface area contributed by atoms with Crippen LogP contribution in [0.5, 0.6) is 0 Å². The van der Waals surface area contributed by atoms with Gasteiger partial charge in [-0.3, -0.25) is 19.2 Å². The third kappa shape index (κ3) is 3.57. The van der Waals surface area contributed by atoms with E-state index < -0.39 is 24.0 Å². The van der Waals surface area contributed by atoms with Crippen molar-refractivity contribution in [2.24, 2.45) is 7.05 Å². The molecule has 2 aromatic rings. The van der Waals surface area contributed by atoms with Crippen LogP contribution in [0.1, 0.15) is 22.5 Å². The molecule has 0 saturated heterocycles. The van der Waals surface area contributed by atoms with E-state index in [2.05, 4.69) is 17.0 Å². The molecule has 0 saturated carbocycles. The summed E-state index contributed by atoms with van der Waals surface area (Å²) in [5.41, 5.74) is 1.24. The average molecular weight is 378 g/mol. The maximum atomic E-state index is 13.5. The number of anilines is 2. The van der Waals surface area contributed by atoms with Crippen molar-refractivity contribution in [2.75, 3.05) is 10.2 Å². The first-order valence-corrected chi connectivity index (χ1v) is 8.17. The quantitative estimate of drug-likeness (QED) is 0.835. The van der Waals surface area contributed by atoms with Crippen molar-refractivity contribution in [3.8, 4) is 0 Å². The van der Waals surface area contributed by atoms with Gasteiger partial charge >= 0.3 is 6.18 Å². The van der Waals surface area contributed by atoms with Gasteiger partial charge in [0.25, 0.3) is 5.91 Å². The second-order valence-corrected chi connectivity index (χ2v) is 6.14. The van der Waals surface area contributed by atoms with E-state index in [1.54, 1.807) is 7.05 Å². The minimum Gasteiger partial charge on any atom is -0.323 e. The number of hydrogen-bond donors (Lipinski definition) is 1. The number of nitrogens with zero attached hydrogens (tertiary/aromatic N) is 3. The van der Waals surface area contributed by atoms with Gasteiger partial charge in [-0.1, -0.05) is 6.58 Å². The fourth-order valence-corrected chi connectivity index (χ4v) is 3.10. The lowest BCUT2D eigenvalue weighted by Gasteiger charge is -2.36. The first-order valence-electron chi connectivity index (χ1n) is 8.17. The third-order valence-corrected chi connectivity index (χ3v) is 4.45. The second-order valence-electron chi connectivity index (χ2n) is 6.14. The van der Waals surface area contributed by atoms with Gasteiger partial charge in [0, 0.05) is 18.3 Å². The van der Waals surface area contributed by atoms with Crippen molar-refractivity contribution in [1.82, 2.24) is 9.78 Å². The number of alkyl halides is 3. The molecular formula is C18H17F3N4O2. The molecule has 1 aliphatic rings. The van der Waals surface area contributed by atoms with E-state index in [-0.39, 0.29) is 24.1 Å². The molecule has 142 valence electrons. The van der Waals surface area contributed by atoms with Gasteiger partial charge in [0.05, 0.1) is 17.6 Å². The van der Waals surface area contributed by atoms with Gasteiger partial charge in [0.1, 0.15) is 6.04 Å². The highest BCUT2D eigenvalue weighted by molar-refractivity contribution is 6.07. The number of carbonyl (C=O) groups excluding carboxylic acids is 2. The number of amides is 2. The van der Waals surface area contributed by atoms with Gasteiger partial charge < -0.3 is 5.32 Å². The van der Waals surface area contributed by atoms with E-state index >= 15 is 0 Å². The Bertz CT molecular complexity index is 887. The molecule has 3 rings (SSSR count). The number of hydrogen-bond acceptors (Lipinski definition) is 3.